The molecule has 1 aliphatic heterocycles. The first kappa shape index (κ1) is 10.7. The highest BCUT2D eigenvalue weighted by atomic mass is 16.5. The normalized spacial score (nSPS) is 15.2. The molecular formula is C12H12O4. The molecule has 2 rings (SSSR count). The lowest BCUT2D eigenvalue weighted by molar-refractivity contribution is -0.122. The molecule has 0 spiro atoms. The second-order valence-electron chi connectivity index (χ2n) is 3.74. The third-order valence-corrected chi connectivity index (χ3v) is 2.50. The maximum Gasteiger partial charge on any atom is 0.203 e. The standard InChI is InChI=1S/C12H12O4/c1-7(13)8(2)16-9-3-4-10-11(14)6-15-12(10)5-9/h3-5,8H,6H2,1-2H3. The van der Waals surface area contributed by atoms with Gasteiger partial charge in [0, 0.05) is 6.07 Å². The molecule has 0 saturated carbocycles. The average Bonchev–Trinajstić information content (AvgIpc) is 2.60. The molecule has 1 aliphatic rings. The Balaban J connectivity index is 2.19. The Morgan fingerprint density at radius 1 is 1.50 bits per heavy atom. The van der Waals surface area contributed by atoms with Crippen LogP contribution in [0.1, 0.15) is 24.2 Å². The van der Waals surface area contributed by atoms with E-state index in [0.29, 0.717) is 17.1 Å². The van der Waals surface area contributed by atoms with Gasteiger partial charge in [-0.25, -0.2) is 0 Å². The van der Waals surface area contributed by atoms with Gasteiger partial charge in [0.2, 0.25) is 5.78 Å². The van der Waals surface area contributed by atoms with Gasteiger partial charge in [-0.15, -0.1) is 0 Å². The smallest absolute Gasteiger partial charge is 0.203 e. The van der Waals surface area contributed by atoms with Crippen molar-refractivity contribution < 1.29 is 19.1 Å². The lowest BCUT2D eigenvalue weighted by Crippen LogP contribution is -2.20. The monoisotopic (exact) mass is 220 g/mol. The first-order valence-corrected chi connectivity index (χ1v) is 5.05. The third kappa shape index (κ3) is 1.91. The van der Waals surface area contributed by atoms with Crippen LogP contribution in [0.2, 0.25) is 0 Å². The van der Waals surface area contributed by atoms with E-state index in [-0.39, 0.29) is 18.2 Å². The van der Waals surface area contributed by atoms with E-state index in [1.807, 2.05) is 0 Å². The van der Waals surface area contributed by atoms with Gasteiger partial charge in [-0.2, -0.15) is 0 Å². The largest absolute Gasteiger partial charge is 0.485 e. The number of hydrogen-bond donors (Lipinski definition) is 0. The molecule has 1 aromatic rings. The number of fused-ring (bicyclic) bond motifs is 1. The first-order chi connectivity index (χ1) is 7.58. The van der Waals surface area contributed by atoms with Crippen LogP contribution in [0.5, 0.6) is 11.5 Å². The molecular weight excluding hydrogens is 208 g/mol. The van der Waals surface area contributed by atoms with Crippen LogP contribution in [0, 0.1) is 0 Å². The topological polar surface area (TPSA) is 52.6 Å². The van der Waals surface area contributed by atoms with E-state index in [0.717, 1.165) is 0 Å². The Labute approximate surface area is 93.2 Å². The van der Waals surface area contributed by atoms with Crippen molar-refractivity contribution in [2.45, 2.75) is 20.0 Å². The van der Waals surface area contributed by atoms with Crippen molar-refractivity contribution in [2.75, 3.05) is 6.61 Å². The van der Waals surface area contributed by atoms with E-state index in [1.165, 1.54) is 6.92 Å². The fourth-order valence-corrected chi connectivity index (χ4v) is 1.43. The molecule has 1 atom stereocenters. The summed E-state index contributed by atoms with van der Waals surface area (Å²) in [5.74, 6) is 0.994. The average molecular weight is 220 g/mol. The minimum Gasteiger partial charge on any atom is -0.485 e. The van der Waals surface area contributed by atoms with Gasteiger partial charge in [0.05, 0.1) is 5.56 Å². The highest BCUT2D eigenvalue weighted by Crippen LogP contribution is 2.29. The number of ketones is 2. The molecule has 0 aromatic heterocycles. The van der Waals surface area contributed by atoms with E-state index in [9.17, 15) is 9.59 Å². The zero-order valence-electron chi connectivity index (χ0n) is 9.15. The molecule has 1 heterocycles. The summed E-state index contributed by atoms with van der Waals surface area (Å²) in [6.45, 7) is 3.24. The second-order valence-corrected chi connectivity index (χ2v) is 3.74. The maximum atomic E-state index is 11.3. The summed E-state index contributed by atoms with van der Waals surface area (Å²) in [4.78, 5) is 22.3. The lowest BCUT2D eigenvalue weighted by Gasteiger charge is -2.11. The Morgan fingerprint density at radius 3 is 2.94 bits per heavy atom. The van der Waals surface area contributed by atoms with E-state index in [4.69, 9.17) is 9.47 Å². The Morgan fingerprint density at radius 2 is 2.25 bits per heavy atom. The SMILES string of the molecule is CC(=O)C(C)Oc1ccc2c(c1)OCC2=O. The molecule has 4 nitrogen and oxygen atoms in total. The fourth-order valence-electron chi connectivity index (χ4n) is 1.43. The van der Waals surface area contributed by atoms with Crippen LogP contribution < -0.4 is 9.47 Å². The van der Waals surface area contributed by atoms with Gasteiger partial charge in [0.25, 0.3) is 0 Å². The number of carbonyl (C=O) groups is 2. The van der Waals surface area contributed by atoms with Crippen LogP contribution in [-0.2, 0) is 4.79 Å². The zero-order chi connectivity index (χ0) is 11.7. The van der Waals surface area contributed by atoms with Crippen LogP contribution in [0.15, 0.2) is 18.2 Å². The molecule has 0 amide bonds. The van der Waals surface area contributed by atoms with Gasteiger partial charge in [-0.05, 0) is 26.0 Å². The van der Waals surface area contributed by atoms with Crippen molar-refractivity contribution in [3.8, 4) is 11.5 Å². The van der Waals surface area contributed by atoms with Gasteiger partial charge in [-0.3, -0.25) is 9.59 Å². The summed E-state index contributed by atoms with van der Waals surface area (Å²) in [7, 11) is 0. The van der Waals surface area contributed by atoms with Crippen LogP contribution in [0.25, 0.3) is 0 Å². The van der Waals surface area contributed by atoms with Gasteiger partial charge in [0.1, 0.15) is 11.5 Å². The van der Waals surface area contributed by atoms with Crippen LogP contribution >= 0.6 is 0 Å². The van der Waals surface area contributed by atoms with Crippen molar-refractivity contribution >= 4 is 11.6 Å². The summed E-state index contributed by atoms with van der Waals surface area (Å²) >= 11 is 0. The summed E-state index contributed by atoms with van der Waals surface area (Å²) in [6.07, 6.45) is -0.491. The molecule has 0 bridgehead atoms. The highest BCUT2D eigenvalue weighted by Gasteiger charge is 2.21. The molecule has 16 heavy (non-hydrogen) atoms. The Kier molecular flexibility index (Phi) is 2.64. The van der Waals surface area contributed by atoms with Gasteiger partial charge in [-0.1, -0.05) is 0 Å². The third-order valence-electron chi connectivity index (χ3n) is 2.50. The second kappa shape index (κ2) is 3.96. The number of ether oxygens (including phenoxy) is 2. The quantitative estimate of drug-likeness (QED) is 0.776. The molecule has 84 valence electrons. The first-order valence-electron chi connectivity index (χ1n) is 5.05. The van der Waals surface area contributed by atoms with E-state index >= 15 is 0 Å². The molecule has 0 N–H and O–H groups in total. The molecule has 0 fully saturated rings. The predicted molar refractivity (Wildman–Crippen MR) is 57.0 cm³/mol. The van der Waals surface area contributed by atoms with Crippen LogP contribution in [-0.4, -0.2) is 24.3 Å². The Hall–Kier alpha value is -1.84. The van der Waals surface area contributed by atoms with Crippen molar-refractivity contribution in [1.82, 2.24) is 0 Å². The summed E-state index contributed by atoms with van der Waals surface area (Å²) in [5, 5.41) is 0. The molecule has 1 aromatic carbocycles. The van der Waals surface area contributed by atoms with Crippen molar-refractivity contribution in [1.29, 1.82) is 0 Å². The minimum atomic E-state index is -0.491. The highest BCUT2D eigenvalue weighted by molar-refractivity contribution is 6.02. The van der Waals surface area contributed by atoms with Crippen LogP contribution in [0.3, 0.4) is 0 Å². The number of carbonyl (C=O) groups excluding carboxylic acids is 2. The Bertz CT molecular complexity index is 450. The zero-order valence-corrected chi connectivity index (χ0v) is 9.15. The van der Waals surface area contributed by atoms with Gasteiger partial charge in [0.15, 0.2) is 18.5 Å². The summed E-state index contributed by atoms with van der Waals surface area (Å²) < 4.78 is 10.6. The van der Waals surface area contributed by atoms with Crippen molar-refractivity contribution in [3.63, 3.8) is 0 Å². The molecule has 4 heteroatoms. The van der Waals surface area contributed by atoms with Crippen molar-refractivity contribution in [2.24, 2.45) is 0 Å². The van der Waals surface area contributed by atoms with Gasteiger partial charge >= 0.3 is 0 Å². The molecule has 0 saturated heterocycles. The van der Waals surface area contributed by atoms with Gasteiger partial charge < -0.3 is 9.47 Å². The number of hydrogen-bond acceptors (Lipinski definition) is 4. The number of benzene rings is 1. The number of Topliss-reactive ketones (excluding diaryl/α,β-unsaturated/α-hetero) is 2. The van der Waals surface area contributed by atoms with E-state index in [2.05, 4.69) is 0 Å². The molecule has 0 aliphatic carbocycles. The van der Waals surface area contributed by atoms with E-state index in [1.54, 1.807) is 25.1 Å². The lowest BCUT2D eigenvalue weighted by atomic mass is 10.1. The van der Waals surface area contributed by atoms with E-state index < -0.39 is 6.10 Å². The maximum absolute atomic E-state index is 11.3. The number of rotatable bonds is 3. The summed E-state index contributed by atoms with van der Waals surface area (Å²) in [6, 6.07) is 4.97. The predicted octanol–water partition coefficient (Wildman–Crippen LogP) is 1.62. The molecule has 0 radical (unpaired) electrons. The van der Waals surface area contributed by atoms with Crippen molar-refractivity contribution in [3.05, 3.63) is 23.8 Å². The minimum absolute atomic E-state index is 0.0267. The fraction of sp³-hybridized carbons (Fsp3) is 0.333. The van der Waals surface area contributed by atoms with Crippen LogP contribution in [0.4, 0.5) is 0 Å². The summed E-state index contributed by atoms with van der Waals surface area (Å²) in [5.41, 5.74) is 0.572. The molecule has 1 unspecified atom stereocenters.